The minimum atomic E-state index is 0.681. The standard InChI is InChI=1S/C15H21N5/c1-4-6-17-15-19-12(3)8-14(20-15)18-10-13-5-7-16-9-11(13)2/h5,7-9H,4,6,10H2,1-3H3,(H2,17,18,19,20). The van der Waals surface area contributed by atoms with Crippen molar-refractivity contribution in [3.8, 4) is 0 Å². The summed E-state index contributed by atoms with van der Waals surface area (Å²) in [5.74, 6) is 1.52. The number of anilines is 2. The van der Waals surface area contributed by atoms with Gasteiger partial charge in [-0.2, -0.15) is 4.98 Å². The van der Waals surface area contributed by atoms with E-state index in [0.717, 1.165) is 31.0 Å². The third kappa shape index (κ3) is 3.91. The fraction of sp³-hybridized carbons (Fsp3) is 0.400. The van der Waals surface area contributed by atoms with Gasteiger partial charge in [-0.05, 0) is 37.5 Å². The summed E-state index contributed by atoms with van der Waals surface area (Å²) in [5.41, 5.74) is 3.35. The molecule has 0 bridgehead atoms. The summed E-state index contributed by atoms with van der Waals surface area (Å²) in [4.78, 5) is 12.9. The summed E-state index contributed by atoms with van der Waals surface area (Å²) in [6, 6.07) is 3.97. The van der Waals surface area contributed by atoms with Gasteiger partial charge in [-0.25, -0.2) is 4.98 Å². The van der Waals surface area contributed by atoms with E-state index in [1.165, 1.54) is 11.1 Å². The molecule has 0 saturated carbocycles. The summed E-state index contributed by atoms with van der Waals surface area (Å²) in [7, 11) is 0. The molecule has 0 saturated heterocycles. The lowest BCUT2D eigenvalue weighted by atomic mass is 10.1. The lowest BCUT2D eigenvalue weighted by Gasteiger charge is -2.10. The Morgan fingerprint density at radius 2 is 2.00 bits per heavy atom. The third-order valence-corrected chi connectivity index (χ3v) is 2.98. The molecule has 2 N–H and O–H groups in total. The molecule has 106 valence electrons. The molecule has 0 fully saturated rings. The number of aryl methyl sites for hydroxylation is 2. The Morgan fingerprint density at radius 1 is 1.15 bits per heavy atom. The van der Waals surface area contributed by atoms with Gasteiger partial charge in [0.1, 0.15) is 5.82 Å². The van der Waals surface area contributed by atoms with Crippen LogP contribution in [-0.4, -0.2) is 21.5 Å². The highest BCUT2D eigenvalue weighted by Gasteiger charge is 2.03. The van der Waals surface area contributed by atoms with Crippen molar-refractivity contribution in [1.82, 2.24) is 15.0 Å². The first-order chi connectivity index (χ1) is 9.69. The first kappa shape index (κ1) is 14.2. The van der Waals surface area contributed by atoms with Crippen LogP contribution in [0.25, 0.3) is 0 Å². The topological polar surface area (TPSA) is 62.7 Å². The molecule has 0 unspecified atom stereocenters. The van der Waals surface area contributed by atoms with Crippen LogP contribution in [0.15, 0.2) is 24.5 Å². The van der Waals surface area contributed by atoms with E-state index in [-0.39, 0.29) is 0 Å². The number of hydrogen-bond donors (Lipinski definition) is 2. The number of nitrogens with one attached hydrogen (secondary N) is 2. The summed E-state index contributed by atoms with van der Waals surface area (Å²) >= 11 is 0. The van der Waals surface area contributed by atoms with Crippen molar-refractivity contribution < 1.29 is 0 Å². The summed E-state index contributed by atoms with van der Waals surface area (Å²) in [5, 5.41) is 6.55. The van der Waals surface area contributed by atoms with E-state index in [9.17, 15) is 0 Å². The van der Waals surface area contributed by atoms with Gasteiger partial charge in [-0.3, -0.25) is 4.98 Å². The Morgan fingerprint density at radius 3 is 2.75 bits per heavy atom. The average Bonchev–Trinajstić information content (AvgIpc) is 2.44. The van der Waals surface area contributed by atoms with Crippen molar-refractivity contribution >= 4 is 11.8 Å². The molecule has 2 aromatic rings. The van der Waals surface area contributed by atoms with Crippen molar-refractivity contribution in [2.24, 2.45) is 0 Å². The van der Waals surface area contributed by atoms with Gasteiger partial charge < -0.3 is 10.6 Å². The van der Waals surface area contributed by atoms with Crippen molar-refractivity contribution in [2.75, 3.05) is 17.2 Å². The van der Waals surface area contributed by atoms with Crippen molar-refractivity contribution in [3.05, 3.63) is 41.3 Å². The number of aromatic nitrogens is 3. The summed E-state index contributed by atoms with van der Waals surface area (Å²) < 4.78 is 0. The lowest BCUT2D eigenvalue weighted by Crippen LogP contribution is -2.09. The maximum atomic E-state index is 4.47. The zero-order chi connectivity index (χ0) is 14.4. The van der Waals surface area contributed by atoms with Crippen LogP contribution in [0.4, 0.5) is 11.8 Å². The Hall–Kier alpha value is -2.17. The van der Waals surface area contributed by atoms with Gasteiger partial charge in [0.15, 0.2) is 0 Å². The summed E-state index contributed by atoms with van der Waals surface area (Å²) in [6.45, 7) is 7.77. The zero-order valence-electron chi connectivity index (χ0n) is 12.3. The fourth-order valence-corrected chi connectivity index (χ4v) is 1.86. The Bertz CT molecular complexity index is 568. The SMILES string of the molecule is CCCNc1nc(C)cc(NCc2ccncc2C)n1. The van der Waals surface area contributed by atoms with Crippen molar-refractivity contribution in [2.45, 2.75) is 33.7 Å². The molecule has 0 aliphatic carbocycles. The van der Waals surface area contributed by atoms with Crippen LogP contribution < -0.4 is 10.6 Å². The second-order valence-electron chi connectivity index (χ2n) is 4.80. The molecule has 2 aromatic heterocycles. The van der Waals surface area contributed by atoms with E-state index < -0.39 is 0 Å². The minimum absolute atomic E-state index is 0.681. The number of nitrogens with zero attached hydrogens (tertiary/aromatic N) is 3. The molecule has 0 aliphatic rings. The van der Waals surface area contributed by atoms with Crippen molar-refractivity contribution in [1.29, 1.82) is 0 Å². The predicted molar refractivity (Wildman–Crippen MR) is 81.9 cm³/mol. The molecule has 0 radical (unpaired) electrons. The molecule has 2 rings (SSSR count). The maximum Gasteiger partial charge on any atom is 0.224 e. The quantitative estimate of drug-likeness (QED) is 0.845. The Kier molecular flexibility index (Phi) is 4.87. The molecule has 5 heteroatoms. The molecule has 0 aromatic carbocycles. The van der Waals surface area contributed by atoms with Gasteiger partial charge in [0.05, 0.1) is 0 Å². The summed E-state index contributed by atoms with van der Waals surface area (Å²) in [6.07, 6.45) is 4.73. The molecular weight excluding hydrogens is 250 g/mol. The van der Waals surface area contributed by atoms with Gasteiger partial charge >= 0.3 is 0 Å². The van der Waals surface area contributed by atoms with Crippen LogP contribution in [0.3, 0.4) is 0 Å². The highest BCUT2D eigenvalue weighted by atomic mass is 15.1. The number of hydrogen-bond acceptors (Lipinski definition) is 5. The molecular formula is C15H21N5. The van der Waals surface area contributed by atoms with E-state index >= 15 is 0 Å². The average molecular weight is 271 g/mol. The maximum absolute atomic E-state index is 4.47. The molecule has 2 heterocycles. The highest BCUT2D eigenvalue weighted by Crippen LogP contribution is 2.12. The normalized spacial score (nSPS) is 10.3. The monoisotopic (exact) mass is 271 g/mol. The predicted octanol–water partition coefficient (Wildman–Crippen LogP) is 2.92. The molecule has 0 atom stereocenters. The second kappa shape index (κ2) is 6.84. The lowest BCUT2D eigenvalue weighted by molar-refractivity contribution is 0.943. The van der Waals surface area contributed by atoms with Crippen LogP contribution >= 0.6 is 0 Å². The minimum Gasteiger partial charge on any atom is -0.366 e. The largest absolute Gasteiger partial charge is 0.366 e. The van der Waals surface area contributed by atoms with Crippen molar-refractivity contribution in [3.63, 3.8) is 0 Å². The van der Waals surface area contributed by atoms with Gasteiger partial charge in [-0.1, -0.05) is 6.92 Å². The highest BCUT2D eigenvalue weighted by molar-refractivity contribution is 5.43. The van der Waals surface area contributed by atoms with E-state index in [2.05, 4.69) is 39.4 Å². The van der Waals surface area contributed by atoms with Gasteiger partial charge in [0, 0.05) is 37.2 Å². The molecule has 5 nitrogen and oxygen atoms in total. The van der Waals surface area contributed by atoms with E-state index in [1.807, 2.05) is 31.5 Å². The van der Waals surface area contributed by atoms with E-state index in [4.69, 9.17) is 0 Å². The van der Waals surface area contributed by atoms with Gasteiger partial charge in [-0.15, -0.1) is 0 Å². The van der Waals surface area contributed by atoms with Gasteiger partial charge in [0.2, 0.25) is 5.95 Å². The number of rotatable bonds is 6. The Labute approximate surface area is 119 Å². The third-order valence-electron chi connectivity index (χ3n) is 2.98. The zero-order valence-corrected chi connectivity index (χ0v) is 12.3. The van der Waals surface area contributed by atoms with Crippen LogP contribution in [0.5, 0.6) is 0 Å². The Balaban J connectivity index is 2.05. The fourth-order valence-electron chi connectivity index (χ4n) is 1.86. The van der Waals surface area contributed by atoms with E-state index in [1.54, 1.807) is 0 Å². The first-order valence-corrected chi connectivity index (χ1v) is 6.92. The second-order valence-corrected chi connectivity index (χ2v) is 4.80. The van der Waals surface area contributed by atoms with Crippen LogP contribution in [0.1, 0.15) is 30.2 Å². The van der Waals surface area contributed by atoms with E-state index in [0.29, 0.717) is 5.95 Å². The van der Waals surface area contributed by atoms with Gasteiger partial charge in [0.25, 0.3) is 0 Å². The van der Waals surface area contributed by atoms with Crippen LogP contribution in [-0.2, 0) is 6.54 Å². The molecule has 0 spiro atoms. The smallest absolute Gasteiger partial charge is 0.224 e. The number of pyridine rings is 1. The van der Waals surface area contributed by atoms with Crippen LogP contribution in [0, 0.1) is 13.8 Å². The molecule has 0 aliphatic heterocycles. The first-order valence-electron chi connectivity index (χ1n) is 6.92. The molecule has 0 amide bonds. The molecule has 20 heavy (non-hydrogen) atoms. The van der Waals surface area contributed by atoms with Crippen LogP contribution in [0.2, 0.25) is 0 Å².